The summed E-state index contributed by atoms with van der Waals surface area (Å²) in [5, 5.41) is 11.9. The van der Waals surface area contributed by atoms with Crippen molar-refractivity contribution < 1.29 is 14.3 Å². The Morgan fingerprint density at radius 1 is 1.12 bits per heavy atom. The van der Waals surface area contributed by atoms with Gasteiger partial charge in [-0.3, -0.25) is 4.79 Å². The number of ether oxygens (including phenoxy) is 2. The van der Waals surface area contributed by atoms with Gasteiger partial charge in [0.1, 0.15) is 18.2 Å². The van der Waals surface area contributed by atoms with Gasteiger partial charge in [-0.2, -0.15) is 0 Å². The van der Waals surface area contributed by atoms with Crippen LogP contribution in [0.2, 0.25) is 0 Å². The van der Waals surface area contributed by atoms with Gasteiger partial charge in [0, 0.05) is 12.1 Å². The number of hydrogen-bond donors (Lipinski definition) is 1. The van der Waals surface area contributed by atoms with Crippen LogP contribution in [0.5, 0.6) is 0 Å². The summed E-state index contributed by atoms with van der Waals surface area (Å²) in [6, 6.07) is 0.0127. The lowest BCUT2D eigenvalue weighted by molar-refractivity contribution is -0.123. The Bertz CT molecular complexity index is 653. The number of nitrogens with zero attached hydrogens (tertiary/aromatic N) is 3. The second-order valence-electron chi connectivity index (χ2n) is 8.45. The quantitative estimate of drug-likeness (QED) is 0.864. The van der Waals surface area contributed by atoms with Gasteiger partial charge in [0.05, 0.1) is 24.9 Å². The maximum Gasteiger partial charge on any atom is 0.223 e. The Kier molecular flexibility index (Phi) is 4.44. The summed E-state index contributed by atoms with van der Waals surface area (Å²) < 4.78 is 13.9. The number of amides is 1. The molecule has 1 N–H and O–H groups in total. The van der Waals surface area contributed by atoms with E-state index in [9.17, 15) is 4.79 Å². The Labute approximate surface area is 153 Å². The minimum absolute atomic E-state index is 0.0386. The molecule has 2 saturated carbocycles. The molecule has 0 unspecified atom stereocenters. The van der Waals surface area contributed by atoms with Crippen molar-refractivity contribution in [1.29, 1.82) is 0 Å². The van der Waals surface area contributed by atoms with Crippen molar-refractivity contribution in [2.45, 2.75) is 75.7 Å². The summed E-state index contributed by atoms with van der Waals surface area (Å²) >= 11 is 0. The fourth-order valence-electron chi connectivity index (χ4n) is 4.73. The topological polar surface area (TPSA) is 78.3 Å². The van der Waals surface area contributed by atoms with Crippen molar-refractivity contribution in [3.63, 3.8) is 0 Å². The molecule has 5 rings (SSSR count). The third kappa shape index (κ3) is 3.27. The molecule has 0 radical (unpaired) electrons. The van der Waals surface area contributed by atoms with E-state index < -0.39 is 0 Å². The average molecular weight is 360 g/mol. The molecule has 0 aromatic carbocycles. The predicted molar refractivity (Wildman–Crippen MR) is 93.5 cm³/mol. The van der Waals surface area contributed by atoms with Gasteiger partial charge in [-0.25, -0.2) is 4.68 Å². The molecule has 0 bridgehead atoms. The predicted octanol–water partition coefficient (Wildman–Crippen LogP) is 1.63. The molecule has 3 heterocycles. The lowest BCUT2D eigenvalue weighted by Gasteiger charge is -2.20. The molecule has 0 spiro atoms. The van der Waals surface area contributed by atoms with Crippen molar-refractivity contribution >= 4 is 5.91 Å². The lowest BCUT2D eigenvalue weighted by Crippen LogP contribution is -2.44. The largest absolute Gasteiger partial charge is 0.371 e. The van der Waals surface area contributed by atoms with Crippen LogP contribution in [-0.2, 0) is 20.7 Å². The maximum atomic E-state index is 12.0. The van der Waals surface area contributed by atoms with Crippen molar-refractivity contribution in [2.24, 2.45) is 11.8 Å². The van der Waals surface area contributed by atoms with E-state index in [0.717, 1.165) is 30.9 Å². The van der Waals surface area contributed by atoms with Crippen LogP contribution in [0.15, 0.2) is 6.20 Å². The highest BCUT2D eigenvalue weighted by atomic mass is 16.6. The van der Waals surface area contributed by atoms with Crippen molar-refractivity contribution in [3.05, 3.63) is 11.9 Å². The highest BCUT2D eigenvalue weighted by molar-refractivity contribution is 5.81. The number of carbonyl (C=O) groups excluding carboxylic acids is 1. The van der Waals surface area contributed by atoms with Gasteiger partial charge in [0.2, 0.25) is 5.91 Å². The van der Waals surface area contributed by atoms with Crippen LogP contribution < -0.4 is 5.32 Å². The zero-order valence-corrected chi connectivity index (χ0v) is 15.2. The van der Waals surface area contributed by atoms with Gasteiger partial charge in [-0.1, -0.05) is 37.3 Å². The van der Waals surface area contributed by atoms with E-state index in [0.29, 0.717) is 13.2 Å². The number of hydrogen-bond acceptors (Lipinski definition) is 5. The molecular weight excluding hydrogens is 332 g/mol. The van der Waals surface area contributed by atoms with E-state index in [1.165, 1.54) is 32.1 Å². The summed E-state index contributed by atoms with van der Waals surface area (Å²) in [5.74, 6) is 1.12. The molecule has 4 atom stereocenters. The summed E-state index contributed by atoms with van der Waals surface area (Å²) in [6.07, 6.45) is 11.7. The van der Waals surface area contributed by atoms with Crippen molar-refractivity contribution in [2.75, 3.05) is 13.2 Å². The van der Waals surface area contributed by atoms with Crippen LogP contribution in [0.3, 0.4) is 0 Å². The Morgan fingerprint density at radius 2 is 1.92 bits per heavy atom. The van der Waals surface area contributed by atoms with Gasteiger partial charge < -0.3 is 14.8 Å². The number of rotatable bonds is 5. The Morgan fingerprint density at radius 3 is 2.73 bits per heavy atom. The highest BCUT2D eigenvalue weighted by Gasteiger charge is 2.50. The molecule has 2 aliphatic carbocycles. The molecule has 1 aromatic heterocycles. The number of aromatic nitrogens is 3. The first kappa shape index (κ1) is 16.7. The van der Waals surface area contributed by atoms with Gasteiger partial charge in [-0.15, -0.1) is 5.10 Å². The Hall–Kier alpha value is -1.47. The van der Waals surface area contributed by atoms with Crippen LogP contribution in [0.25, 0.3) is 0 Å². The molecule has 4 aliphatic rings. The first-order valence-electron chi connectivity index (χ1n) is 10.2. The first-order valence-corrected chi connectivity index (χ1v) is 10.2. The van der Waals surface area contributed by atoms with Gasteiger partial charge in [0.25, 0.3) is 0 Å². The van der Waals surface area contributed by atoms with Crippen LogP contribution in [0.1, 0.15) is 56.7 Å². The molecule has 1 aromatic rings. The zero-order chi connectivity index (χ0) is 17.5. The Balaban J connectivity index is 1.21. The maximum absolute atomic E-state index is 12.0. The summed E-state index contributed by atoms with van der Waals surface area (Å²) in [6.45, 7) is 1.09. The summed E-state index contributed by atoms with van der Waals surface area (Å²) in [7, 11) is 0. The number of fused-ring (bicyclic) bond motifs is 1. The van der Waals surface area contributed by atoms with Gasteiger partial charge >= 0.3 is 0 Å². The van der Waals surface area contributed by atoms with Crippen LogP contribution >= 0.6 is 0 Å². The van der Waals surface area contributed by atoms with Crippen LogP contribution in [-0.4, -0.2) is 52.4 Å². The lowest BCUT2D eigenvalue weighted by atomic mass is 9.86. The van der Waals surface area contributed by atoms with E-state index in [1.807, 2.05) is 4.68 Å². The molecule has 2 aliphatic heterocycles. The first-order chi connectivity index (χ1) is 12.8. The normalized spacial score (nSPS) is 34.8. The SMILES string of the molecule is O=C(N[C@H]1CO[C@H]2[C@@H]1OC[C@@H]2n1cc(CC2CCCCC2)nn1)C1CC1. The monoisotopic (exact) mass is 360 g/mol. The van der Waals surface area contributed by atoms with Gasteiger partial charge in [-0.05, 0) is 25.2 Å². The molecule has 142 valence electrons. The third-order valence-corrected chi connectivity index (χ3v) is 6.42. The minimum atomic E-state index is -0.0753. The van der Waals surface area contributed by atoms with Crippen LogP contribution in [0.4, 0.5) is 0 Å². The molecule has 1 amide bonds. The number of carbonyl (C=O) groups is 1. The molecule has 2 saturated heterocycles. The molecule has 26 heavy (non-hydrogen) atoms. The second-order valence-corrected chi connectivity index (χ2v) is 8.45. The van der Waals surface area contributed by atoms with Gasteiger partial charge in [0.15, 0.2) is 0 Å². The standard InChI is InChI=1S/C19H28N4O3/c24-19(13-6-7-13)20-15-10-25-18-16(11-26-17(15)18)23-9-14(21-22-23)8-12-4-2-1-3-5-12/h9,12-13,15-18H,1-8,10-11H2,(H,20,24)/t15-,16-,17+,18+/m0/s1. The van der Waals surface area contributed by atoms with E-state index in [-0.39, 0.29) is 36.1 Å². The van der Waals surface area contributed by atoms with Crippen molar-refractivity contribution in [1.82, 2.24) is 20.3 Å². The fraction of sp³-hybridized carbons (Fsp3) is 0.842. The zero-order valence-electron chi connectivity index (χ0n) is 15.2. The molecule has 4 fully saturated rings. The smallest absolute Gasteiger partial charge is 0.223 e. The van der Waals surface area contributed by atoms with E-state index in [1.54, 1.807) is 0 Å². The summed E-state index contributed by atoms with van der Waals surface area (Å²) in [5.41, 5.74) is 1.08. The van der Waals surface area contributed by atoms with E-state index in [4.69, 9.17) is 9.47 Å². The van der Waals surface area contributed by atoms with Crippen molar-refractivity contribution in [3.8, 4) is 0 Å². The average Bonchev–Trinajstić information content (AvgIpc) is 3.08. The van der Waals surface area contributed by atoms with Crippen LogP contribution in [0, 0.1) is 11.8 Å². The number of nitrogens with one attached hydrogen (secondary N) is 1. The second kappa shape index (κ2) is 6.93. The van der Waals surface area contributed by atoms with E-state index >= 15 is 0 Å². The molecule has 7 heteroatoms. The highest BCUT2D eigenvalue weighted by Crippen LogP contribution is 2.35. The van der Waals surface area contributed by atoms with E-state index in [2.05, 4.69) is 21.8 Å². The molecular formula is C19H28N4O3. The fourth-order valence-corrected chi connectivity index (χ4v) is 4.73. The minimum Gasteiger partial charge on any atom is -0.371 e. The summed E-state index contributed by atoms with van der Waals surface area (Å²) in [4.78, 5) is 12.0. The third-order valence-electron chi connectivity index (χ3n) is 6.42. The molecule has 7 nitrogen and oxygen atoms in total.